The highest BCUT2D eigenvalue weighted by Gasteiger charge is 2.18. The van der Waals surface area contributed by atoms with Gasteiger partial charge in [0.1, 0.15) is 5.75 Å². The van der Waals surface area contributed by atoms with Crippen molar-refractivity contribution in [1.29, 1.82) is 0 Å². The van der Waals surface area contributed by atoms with Crippen molar-refractivity contribution in [3.8, 4) is 5.75 Å². The Morgan fingerprint density at radius 2 is 1.65 bits per heavy atom. The molecule has 3 rings (SSSR count). The molecule has 5 nitrogen and oxygen atoms in total. The van der Waals surface area contributed by atoms with Crippen molar-refractivity contribution in [3.05, 3.63) is 60.2 Å². The zero-order valence-electron chi connectivity index (χ0n) is 14.9. The van der Waals surface area contributed by atoms with E-state index in [2.05, 4.69) is 10.6 Å². The highest BCUT2D eigenvalue weighted by Crippen LogP contribution is 2.19. The van der Waals surface area contributed by atoms with Crippen molar-refractivity contribution < 1.29 is 14.3 Å². The van der Waals surface area contributed by atoms with Gasteiger partial charge in [0.25, 0.3) is 11.8 Å². The average molecular weight is 352 g/mol. The fraction of sp³-hybridized carbons (Fsp3) is 0.333. The molecular formula is C21H24N2O3. The number of carbonyl (C=O) groups is 2. The summed E-state index contributed by atoms with van der Waals surface area (Å²) in [6.45, 7) is 1.70. The molecule has 0 bridgehead atoms. The zero-order valence-corrected chi connectivity index (χ0v) is 14.9. The van der Waals surface area contributed by atoms with Crippen LogP contribution in [0.1, 0.15) is 43.0 Å². The molecule has 2 aromatic carbocycles. The van der Waals surface area contributed by atoms with E-state index in [0.717, 1.165) is 12.8 Å². The highest BCUT2D eigenvalue weighted by atomic mass is 16.5. The third-order valence-electron chi connectivity index (χ3n) is 4.53. The number of ether oxygens (including phenoxy) is 1. The summed E-state index contributed by atoms with van der Waals surface area (Å²) < 4.78 is 5.61. The van der Waals surface area contributed by atoms with Crippen LogP contribution in [0.15, 0.2) is 54.6 Å². The molecule has 0 heterocycles. The first-order chi connectivity index (χ1) is 12.6. The second kappa shape index (κ2) is 8.52. The molecule has 1 saturated carbocycles. The summed E-state index contributed by atoms with van der Waals surface area (Å²) in [5, 5.41) is 5.86. The van der Waals surface area contributed by atoms with E-state index in [4.69, 9.17) is 4.74 Å². The second-order valence-corrected chi connectivity index (χ2v) is 6.59. The third kappa shape index (κ3) is 4.85. The second-order valence-electron chi connectivity index (χ2n) is 6.59. The number of nitrogens with one attached hydrogen (secondary N) is 2. The van der Waals surface area contributed by atoms with Crippen molar-refractivity contribution in [3.63, 3.8) is 0 Å². The van der Waals surface area contributed by atoms with Crippen molar-refractivity contribution in [2.75, 3.05) is 5.32 Å². The van der Waals surface area contributed by atoms with Gasteiger partial charge in [-0.15, -0.1) is 0 Å². The molecule has 2 aromatic rings. The van der Waals surface area contributed by atoms with Gasteiger partial charge in [0.05, 0.1) is 0 Å². The Kier molecular flexibility index (Phi) is 5.89. The summed E-state index contributed by atoms with van der Waals surface area (Å²) in [4.78, 5) is 24.5. The Balaban J connectivity index is 1.53. The molecule has 2 N–H and O–H groups in total. The smallest absolute Gasteiger partial charge is 0.265 e. The Hall–Kier alpha value is -2.82. The van der Waals surface area contributed by atoms with Gasteiger partial charge < -0.3 is 15.4 Å². The first-order valence-electron chi connectivity index (χ1n) is 9.05. The summed E-state index contributed by atoms with van der Waals surface area (Å²) in [6.07, 6.45) is 3.85. The van der Waals surface area contributed by atoms with Crippen molar-refractivity contribution in [2.45, 2.75) is 44.8 Å². The lowest BCUT2D eigenvalue weighted by molar-refractivity contribution is -0.122. The molecule has 1 aliphatic carbocycles. The van der Waals surface area contributed by atoms with Crippen LogP contribution in [-0.4, -0.2) is 24.0 Å². The molecule has 136 valence electrons. The van der Waals surface area contributed by atoms with Gasteiger partial charge in [-0.05, 0) is 56.2 Å². The Bertz CT molecular complexity index is 738. The molecule has 26 heavy (non-hydrogen) atoms. The average Bonchev–Trinajstić information content (AvgIpc) is 3.16. The molecule has 1 aliphatic rings. The van der Waals surface area contributed by atoms with Gasteiger partial charge in [0.15, 0.2) is 6.10 Å². The van der Waals surface area contributed by atoms with Gasteiger partial charge in [0, 0.05) is 17.3 Å². The van der Waals surface area contributed by atoms with E-state index in [1.54, 1.807) is 31.2 Å². The van der Waals surface area contributed by atoms with E-state index in [0.29, 0.717) is 17.0 Å². The molecule has 0 aromatic heterocycles. The fourth-order valence-electron chi connectivity index (χ4n) is 3.04. The molecule has 1 atom stereocenters. The lowest BCUT2D eigenvalue weighted by Crippen LogP contribution is -2.32. The molecule has 0 saturated heterocycles. The van der Waals surface area contributed by atoms with Crippen molar-refractivity contribution >= 4 is 17.5 Å². The van der Waals surface area contributed by atoms with Crippen LogP contribution >= 0.6 is 0 Å². The van der Waals surface area contributed by atoms with E-state index in [1.165, 1.54) is 12.8 Å². The number of carbonyl (C=O) groups excluding carboxylic acids is 2. The highest BCUT2D eigenvalue weighted by molar-refractivity contribution is 5.97. The maximum absolute atomic E-state index is 12.3. The molecule has 5 heteroatoms. The van der Waals surface area contributed by atoms with E-state index in [-0.39, 0.29) is 17.9 Å². The van der Waals surface area contributed by atoms with Crippen molar-refractivity contribution in [1.82, 2.24) is 5.32 Å². The van der Waals surface area contributed by atoms with Gasteiger partial charge in [-0.2, -0.15) is 0 Å². The minimum atomic E-state index is -0.622. The Morgan fingerprint density at radius 3 is 2.31 bits per heavy atom. The SMILES string of the molecule is CC(Oc1ccccc1)C(=O)Nc1ccc(C(=O)NC2CCCC2)cc1. The van der Waals surface area contributed by atoms with Crippen molar-refractivity contribution in [2.24, 2.45) is 0 Å². The van der Waals surface area contributed by atoms with Crippen LogP contribution < -0.4 is 15.4 Å². The lowest BCUT2D eigenvalue weighted by Gasteiger charge is -2.15. The Labute approximate surface area is 153 Å². The quantitative estimate of drug-likeness (QED) is 0.832. The first-order valence-corrected chi connectivity index (χ1v) is 9.05. The van der Waals surface area contributed by atoms with Crippen LogP contribution in [0.3, 0.4) is 0 Å². The number of para-hydroxylation sites is 1. The molecular weight excluding hydrogens is 328 g/mol. The normalized spacial score (nSPS) is 15.3. The molecule has 0 radical (unpaired) electrons. The van der Waals surface area contributed by atoms with Crippen LogP contribution in [0.4, 0.5) is 5.69 Å². The van der Waals surface area contributed by atoms with Gasteiger partial charge in [-0.25, -0.2) is 0 Å². The van der Waals surface area contributed by atoms with Gasteiger partial charge in [-0.1, -0.05) is 31.0 Å². The maximum atomic E-state index is 12.3. The van der Waals surface area contributed by atoms with Gasteiger partial charge in [-0.3, -0.25) is 9.59 Å². The summed E-state index contributed by atoms with van der Waals surface area (Å²) >= 11 is 0. The number of amides is 2. The predicted octanol–water partition coefficient (Wildman–Crippen LogP) is 3.77. The number of anilines is 1. The van der Waals surface area contributed by atoms with Crippen LogP contribution in [0.2, 0.25) is 0 Å². The minimum absolute atomic E-state index is 0.0597. The molecule has 2 amide bonds. The standard InChI is InChI=1S/C21H24N2O3/c1-15(26-19-9-3-2-4-10-19)20(24)22-18-13-11-16(12-14-18)21(25)23-17-7-5-6-8-17/h2-4,9-15,17H,5-8H2,1H3,(H,22,24)(H,23,25). The van der Waals surface area contributed by atoms with E-state index >= 15 is 0 Å². The summed E-state index contributed by atoms with van der Waals surface area (Å²) in [5.41, 5.74) is 1.24. The topological polar surface area (TPSA) is 67.4 Å². The summed E-state index contributed by atoms with van der Waals surface area (Å²) in [6, 6.07) is 16.4. The summed E-state index contributed by atoms with van der Waals surface area (Å²) in [7, 11) is 0. The largest absolute Gasteiger partial charge is 0.481 e. The van der Waals surface area contributed by atoms with Crippen LogP contribution in [0, 0.1) is 0 Å². The molecule has 1 unspecified atom stereocenters. The first kappa shape index (κ1) is 18.0. The zero-order chi connectivity index (χ0) is 18.4. The van der Waals surface area contributed by atoms with Gasteiger partial charge in [0.2, 0.25) is 0 Å². The minimum Gasteiger partial charge on any atom is -0.481 e. The van der Waals surface area contributed by atoms with Crippen LogP contribution in [0.5, 0.6) is 5.75 Å². The van der Waals surface area contributed by atoms with E-state index in [1.807, 2.05) is 30.3 Å². The van der Waals surface area contributed by atoms with E-state index in [9.17, 15) is 9.59 Å². The molecule has 1 fully saturated rings. The molecule has 0 aliphatic heterocycles. The van der Waals surface area contributed by atoms with Gasteiger partial charge >= 0.3 is 0 Å². The monoisotopic (exact) mass is 352 g/mol. The number of rotatable bonds is 6. The lowest BCUT2D eigenvalue weighted by atomic mass is 10.1. The Morgan fingerprint density at radius 1 is 1.00 bits per heavy atom. The number of hydrogen-bond donors (Lipinski definition) is 2. The molecule has 0 spiro atoms. The number of benzene rings is 2. The van der Waals surface area contributed by atoms with Crippen LogP contribution in [-0.2, 0) is 4.79 Å². The maximum Gasteiger partial charge on any atom is 0.265 e. The predicted molar refractivity (Wildman–Crippen MR) is 101 cm³/mol. The number of hydrogen-bond acceptors (Lipinski definition) is 3. The summed E-state index contributed by atoms with van der Waals surface area (Å²) in [5.74, 6) is 0.349. The van der Waals surface area contributed by atoms with E-state index < -0.39 is 6.10 Å². The van der Waals surface area contributed by atoms with Crippen LogP contribution in [0.25, 0.3) is 0 Å². The fourth-order valence-corrected chi connectivity index (χ4v) is 3.04. The third-order valence-corrected chi connectivity index (χ3v) is 4.53.